The summed E-state index contributed by atoms with van der Waals surface area (Å²) in [4.78, 5) is 40.3. The van der Waals surface area contributed by atoms with Crippen LogP contribution >= 0.6 is 11.3 Å². The number of hydrogen-bond acceptors (Lipinski definition) is 8. The molecule has 2 N–H and O–H groups in total. The molecule has 0 unspecified atom stereocenters. The quantitative estimate of drug-likeness (QED) is 0.624. The number of carbonyl (C=O) groups is 3. The van der Waals surface area contributed by atoms with Crippen LogP contribution in [0.2, 0.25) is 0 Å². The molecule has 0 radical (unpaired) electrons. The molecule has 1 fully saturated rings. The number of nitrogens with zero attached hydrogens (tertiary/aromatic N) is 4. The van der Waals surface area contributed by atoms with E-state index in [1.807, 2.05) is 17.0 Å². The summed E-state index contributed by atoms with van der Waals surface area (Å²) in [6.45, 7) is 4.48. The number of benzene rings is 1. The number of amides is 3. The Balaban J connectivity index is 1.32. The minimum Gasteiger partial charge on any atom is -0.399 e. The van der Waals surface area contributed by atoms with Crippen molar-refractivity contribution in [1.29, 1.82) is 0 Å². The van der Waals surface area contributed by atoms with E-state index in [2.05, 4.69) is 25.7 Å². The van der Waals surface area contributed by atoms with Gasteiger partial charge in [-0.05, 0) is 35.7 Å². The van der Waals surface area contributed by atoms with Gasteiger partial charge in [-0.3, -0.25) is 19.7 Å². The minimum absolute atomic E-state index is 0.0907. The van der Waals surface area contributed by atoms with E-state index in [4.69, 9.17) is 4.42 Å². The average molecular weight is 440 g/mol. The van der Waals surface area contributed by atoms with Crippen LogP contribution in [0.25, 0.3) is 0 Å². The normalized spacial score (nSPS) is 13.7. The van der Waals surface area contributed by atoms with E-state index in [1.54, 1.807) is 36.6 Å². The van der Waals surface area contributed by atoms with E-state index in [9.17, 15) is 14.4 Å². The van der Waals surface area contributed by atoms with E-state index >= 15 is 0 Å². The molecule has 11 heteroatoms. The lowest BCUT2D eigenvalue weighted by atomic mass is 10.2. The van der Waals surface area contributed by atoms with E-state index < -0.39 is 5.91 Å². The molecular weight excluding hydrogens is 420 g/mol. The molecule has 0 atom stereocenters. The zero-order valence-corrected chi connectivity index (χ0v) is 17.5. The third kappa shape index (κ3) is 4.89. The molecule has 1 aliphatic heterocycles. The van der Waals surface area contributed by atoms with Gasteiger partial charge in [-0.15, -0.1) is 16.4 Å². The molecule has 3 aromatic rings. The molecule has 10 nitrogen and oxygen atoms in total. The maximum Gasteiger partial charge on any atom is 0.323 e. The number of rotatable bonds is 5. The van der Waals surface area contributed by atoms with Crippen molar-refractivity contribution < 1.29 is 18.8 Å². The lowest BCUT2D eigenvalue weighted by Gasteiger charge is -2.35. The van der Waals surface area contributed by atoms with Gasteiger partial charge < -0.3 is 19.5 Å². The van der Waals surface area contributed by atoms with Crippen LogP contribution in [0.15, 0.2) is 46.2 Å². The van der Waals surface area contributed by atoms with Crippen LogP contribution in [-0.2, 0) is 4.79 Å². The number of hydrogen-bond donors (Lipinski definition) is 2. The van der Waals surface area contributed by atoms with Crippen molar-refractivity contribution in [2.75, 3.05) is 41.7 Å². The summed E-state index contributed by atoms with van der Waals surface area (Å²) in [7, 11) is 0. The lowest BCUT2D eigenvalue weighted by Crippen LogP contribution is -2.48. The van der Waals surface area contributed by atoms with Crippen molar-refractivity contribution in [2.45, 2.75) is 6.92 Å². The Hall–Kier alpha value is -3.73. The second kappa shape index (κ2) is 8.96. The van der Waals surface area contributed by atoms with Gasteiger partial charge in [0, 0.05) is 44.5 Å². The number of piperazine rings is 1. The minimum atomic E-state index is -0.577. The van der Waals surface area contributed by atoms with E-state index in [1.165, 1.54) is 11.3 Å². The average Bonchev–Trinajstić information content (AvgIpc) is 3.47. The Morgan fingerprint density at radius 2 is 1.71 bits per heavy atom. The van der Waals surface area contributed by atoms with Gasteiger partial charge in [0.15, 0.2) is 0 Å². The van der Waals surface area contributed by atoms with Crippen molar-refractivity contribution >= 4 is 46.4 Å². The molecule has 1 aliphatic rings. The Bertz CT molecular complexity index is 1070. The highest BCUT2D eigenvalue weighted by molar-refractivity contribution is 7.12. The monoisotopic (exact) mass is 440 g/mol. The molecule has 0 bridgehead atoms. The smallest absolute Gasteiger partial charge is 0.323 e. The molecule has 1 saturated heterocycles. The summed E-state index contributed by atoms with van der Waals surface area (Å²) in [6.07, 6.45) is 0. The Morgan fingerprint density at radius 3 is 2.35 bits per heavy atom. The number of thiophene rings is 1. The summed E-state index contributed by atoms with van der Waals surface area (Å²) >= 11 is 1.28. The van der Waals surface area contributed by atoms with Crippen molar-refractivity contribution in [3.8, 4) is 0 Å². The highest BCUT2D eigenvalue weighted by Crippen LogP contribution is 2.20. The van der Waals surface area contributed by atoms with Crippen molar-refractivity contribution in [3.63, 3.8) is 0 Å². The molecule has 0 spiro atoms. The van der Waals surface area contributed by atoms with E-state index in [-0.39, 0.29) is 23.7 Å². The predicted octanol–water partition coefficient (Wildman–Crippen LogP) is 2.30. The fraction of sp³-hybridized carbons (Fsp3) is 0.250. The largest absolute Gasteiger partial charge is 0.399 e. The summed E-state index contributed by atoms with van der Waals surface area (Å²) in [6, 6.07) is 10.6. The zero-order valence-electron chi connectivity index (χ0n) is 16.7. The van der Waals surface area contributed by atoms with Gasteiger partial charge >= 0.3 is 17.8 Å². The summed E-state index contributed by atoms with van der Waals surface area (Å²) in [5.41, 5.74) is 1.58. The highest BCUT2D eigenvalue weighted by atomic mass is 32.1. The number of nitrogens with one attached hydrogen (secondary N) is 2. The van der Waals surface area contributed by atoms with Crippen molar-refractivity contribution in [3.05, 3.63) is 52.5 Å². The first-order valence-electron chi connectivity index (χ1n) is 9.60. The van der Waals surface area contributed by atoms with Crippen LogP contribution in [0.3, 0.4) is 0 Å². The Labute approximate surface area is 181 Å². The second-order valence-electron chi connectivity index (χ2n) is 6.84. The van der Waals surface area contributed by atoms with Crippen molar-refractivity contribution in [1.82, 2.24) is 15.1 Å². The number of anilines is 3. The van der Waals surface area contributed by atoms with Crippen LogP contribution in [0.5, 0.6) is 0 Å². The van der Waals surface area contributed by atoms with E-state index in [0.29, 0.717) is 23.7 Å². The first-order chi connectivity index (χ1) is 15.0. The third-order valence-electron chi connectivity index (χ3n) is 4.80. The van der Waals surface area contributed by atoms with Gasteiger partial charge in [-0.25, -0.2) is 0 Å². The maximum absolute atomic E-state index is 12.4. The third-order valence-corrected chi connectivity index (χ3v) is 5.67. The molecule has 3 heterocycles. The second-order valence-corrected chi connectivity index (χ2v) is 7.79. The van der Waals surface area contributed by atoms with Gasteiger partial charge in [0.2, 0.25) is 5.91 Å². The summed E-state index contributed by atoms with van der Waals surface area (Å²) < 4.78 is 5.23. The first kappa shape index (κ1) is 20.5. The molecule has 1 aromatic carbocycles. The lowest BCUT2D eigenvalue weighted by molar-refractivity contribution is -0.129. The Kier molecular flexibility index (Phi) is 5.94. The van der Waals surface area contributed by atoms with Gasteiger partial charge in [0.25, 0.3) is 5.91 Å². The molecule has 31 heavy (non-hydrogen) atoms. The molecule has 0 aliphatic carbocycles. The first-order valence-corrected chi connectivity index (χ1v) is 10.5. The molecule has 3 amide bonds. The van der Waals surface area contributed by atoms with Crippen LogP contribution in [0.4, 0.5) is 17.4 Å². The molecular formula is C20H20N6O4S. The van der Waals surface area contributed by atoms with Crippen LogP contribution < -0.4 is 15.5 Å². The van der Waals surface area contributed by atoms with Crippen LogP contribution in [-0.4, -0.2) is 59.0 Å². The topological polar surface area (TPSA) is 121 Å². The molecule has 0 saturated carbocycles. The standard InChI is InChI=1S/C20H20N6O4S/c1-13(27)25-8-10-26(11-9-25)15-6-4-14(5-7-15)21-18(29)19-23-24-20(30-19)22-17(28)16-3-2-12-31-16/h2-7,12H,8-11H2,1H3,(H,21,29)(H,22,24,28). The molecule has 4 rings (SSSR count). The van der Waals surface area contributed by atoms with Gasteiger partial charge in [0.1, 0.15) is 0 Å². The SMILES string of the molecule is CC(=O)N1CCN(c2ccc(NC(=O)c3nnc(NC(=O)c4cccs4)o3)cc2)CC1. The maximum atomic E-state index is 12.4. The van der Waals surface area contributed by atoms with Gasteiger partial charge in [-0.2, -0.15) is 0 Å². The fourth-order valence-corrected chi connectivity index (χ4v) is 3.77. The molecule has 160 valence electrons. The zero-order chi connectivity index (χ0) is 21.8. The summed E-state index contributed by atoms with van der Waals surface area (Å²) in [5, 5.41) is 14.3. The summed E-state index contributed by atoms with van der Waals surface area (Å²) in [5.74, 6) is -1.13. The van der Waals surface area contributed by atoms with Gasteiger partial charge in [0.05, 0.1) is 4.88 Å². The van der Waals surface area contributed by atoms with Crippen LogP contribution in [0.1, 0.15) is 27.3 Å². The fourth-order valence-electron chi connectivity index (χ4n) is 3.15. The van der Waals surface area contributed by atoms with Gasteiger partial charge in [-0.1, -0.05) is 11.2 Å². The van der Waals surface area contributed by atoms with E-state index in [0.717, 1.165) is 18.8 Å². The highest BCUT2D eigenvalue weighted by Gasteiger charge is 2.20. The number of aromatic nitrogens is 2. The van der Waals surface area contributed by atoms with Crippen LogP contribution in [0, 0.1) is 0 Å². The Morgan fingerprint density at radius 1 is 0.968 bits per heavy atom. The predicted molar refractivity (Wildman–Crippen MR) is 115 cm³/mol. The van der Waals surface area contributed by atoms with Crippen molar-refractivity contribution in [2.24, 2.45) is 0 Å². The molecule has 2 aromatic heterocycles. The number of carbonyl (C=O) groups excluding carboxylic acids is 3.